The molecule has 4 nitrogen and oxygen atoms in total. The first-order valence-electron chi connectivity index (χ1n) is 5.63. The van der Waals surface area contributed by atoms with Gasteiger partial charge in [-0.25, -0.2) is 4.98 Å². The number of nitrogen functional groups attached to an aromatic ring is 1. The zero-order chi connectivity index (χ0) is 13.3. The Bertz CT molecular complexity index is 578. The summed E-state index contributed by atoms with van der Waals surface area (Å²) in [5.41, 5.74) is 8.90. The van der Waals surface area contributed by atoms with Crippen LogP contribution in [0.4, 0.5) is 5.95 Å². The van der Waals surface area contributed by atoms with E-state index in [1.54, 1.807) is 7.11 Å². The third-order valence-corrected chi connectivity index (χ3v) is 3.40. The monoisotopic (exact) mass is 265 g/mol. The number of benzene rings is 1. The second kappa shape index (κ2) is 4.90. The number of methoxy groups -OCH3 is 1. The normalized spacial score (nSPS) is 10.7. The fourth-order valence-corrected chi connectivity index (χ4v) is 2.12. The molecule has 0 bridgehead atoms. The molecule has 0 aliphatic carbocycles. The van der Waals surface area contributed by atoms with Crippen molar-refractivity contribution < 1.29 is 4.74 Å². The van der Waals surface area contributed by atoms with Crippen molar-refractivity contribution in [1.29, 1.82) is 0 Å². The molecule has 0 amide bonds. The number of aromatic nitrogens is 2. The van der Waals surface area contributed by atoms with E-state index in [0.717, 1.165) is 17.0 Å². The van der Waals surface area contributed by atoms with E-state index in [0.29, 0.717) is 23.1 Å². The van der Waals surface area contributed by atoms with Crippen LogP contribution in [-0.4, -0.2) is 16.7 Å². The third kappa shape index (κ3) is 2.29. The summed E-state index contributed by atoms with van der Waals surface area (Å²) < 4.78 is 7.00. The molecule has 0 saturated carbocycles. The molecule has 96 valence electrons. The molecule has 5 heteroatoms. The van der Waals surface area contributed by atoms with Gasteiger partial charge in [0.05, 0.1) is 17.8 Å². The Morgan fingerprint density at radius 2 is 2.17 bits per heavy atom. The van der Waals surface area contributed by atoms with Gasteiger partial charge in [0.1, 0.15) is 5.75 Å². The minimum absolute atomic E-state index is 0.530. The van der Waals surface area contributed by atoms with Crippen molar-refractivity contribution in [3.05, 3.63) is 40.2 Å². The second-order valence-electron chi connectivity index (χ2n) is 4.21. The van der Waals surface area contributed by atoms with Gasteiger partial charge in [-0.1, -0.05) is 17.7 Å². The lowest BCUT2D eigenvalue weighted by molar-refractivity contribution is 0.415. The summed E-state index contributed by atoms with van der Waals surface area (Å²) in [6.45, 7) is 2.00. The van der Waals surface area contributed by atoms with E-state index in [9.17, 15) is 0 Å². The van der Waals surface area contributed by atoms with Crippen LogP contribution in [0.3, 0.4) is 0 Å². The Labute approximate surface area is 111 Å². The van der Waals surface area contributed by atoms with Gasteiger partial charge in [0.25, 0.3) is 0 Å². The molecular formula is C13H16ClN3O. The molecule has 2 aromatic rings. The molecule has 1 aromatic carbocycles. The smallest absolute Gasteiger partial charge is 0.200 e. The number of imidazole rings is 1. The predicted octanol–water partition coefficient (Wildman–Crippen LogP) is 2.56. The van der Waals surface area contributed by atoms with Crippen LogP contribution in [0.2, 0.25) is 5.02 Å². The molecule has 0 aliphatic heterocycles. The fraction of sp³-hybridized carbons (Fsp3) is 0.308. The van der Waals surface area contributed by atoms with Crippen molar-refractivity contribution in [3.63, 3.8) is 0 Å². The summed E-state index contributed by atoms with van der Waals surface area (Å²) >= 11 is 6.10. The van der Waals surface area contributed by atoms with Crippen LogP contribution >= 0.6 is 11.6 Å². The summed E-state index contributed by atoms with van der Waals surface area (Å²) in [5, 5.41) is 0.608. The number of hydrogen-bond donors (Lipinski definition) is 1. The highest BCUT2D eigenvalue weighted by Gasteiger charge is 2.10. The summed E-state index contributed by atoms with van der Waals surface area (Å²) in [6.07, 6.45) is 0.709. The Kier molecular flexibility index (Phi) is 3.48. The average Bonchev–Trinajstić information content (AvgIpc) is 2.57. The molecule has 0 aliphatic rings. The number of halogens is 1. The average molecular weight is 266 g/mol. The van der Waals surface area contributed by atoms with Crippen LogP contribution in [-0.2, 0) is 13.5 Å². The summed E-state index contributed by atoms with van der Waals surface area (Å²) in [5.74, 6) is 1.21. The van der Waals surface area contributed by atoms with Gasteiger partial charge in [0.15, 0.2) is 5.95 Å². The lowest BCUT2D eigenvalue weighted by Gasteiger charge is -2.05. The van der Waals surface area contributed by atoms with E-state index in [1.807, 2.05) is 36.7 Å². The van der Waals surface area contributed by atoms with Crippen LogP contribution in [0.15, 0.2) is 18.2 Å². The quantitative estimate of drug-likeness (QED) is 0.928. The lowest BCUT2D eigenvalue weighted by Crippen LogP contribution is -1.98. The van der Waals surface area contributed by atoms with Crippen LogP contribution in [0.1, 0.15) is 17.0 Å². The van der Waals surface area contributed by atoms with E-state index >= 15 is 0 Å². The maximum atomic E-state index is 6.10. The van der Waals surface area contributed by atoms with Gasteiger partial charge < -0.3 is 15.0 Å². The maximum absolute atomic E-state index is 6.10. The van der Waals surface area contributed by atoms with Gasteiger partial charge in [-0.05, 0) is 24.6 Å². The number of hydrogen-bond acceptors (Lipinski definition) is 3. The van der Waals surface area contributed by atoms with Gasteiger partial charge in [-0.15, -0.1) is 0 Å². The molecule has 2 N–H and O–H groups in total. The van der Waals surface area contributed by atoms with Gasteiger partial charge in [-0.3, -0.25) is 0 Å². The van der Waals surface area contributed by atoms with Gasteiger partial charge in [0, 0.05) is 19.2 Å². The van der Waals surface area contributed by atoms with Gasteiger partial charge in [0.2, 0.25) is 0 Å². The number of nitrogens with zero attached hydrogens (tertiary/aromatic N) is 2. The summed E-state index contributed by atoms with van der Waals surface area (Å²) in [7, 11) is 3.51. The van der Waals surface area contributed by atoms with Crippen molar-refractivity contribution >= 4 is 17.5 Å². The van der Waals surface area contributed by atoms with Crippen LogP contribution in [0, 0.1) is 6.92 Å². The molecule has 2 rings (SSSR count). The molecule has 0 unspecified atom stereocenters. The molecule has 0 spiro atoms. The fourth-order valence-electron chi connectivity index (χ4n) is 1.84. The predicted molar refractivity (Wildman–Crippen MR) is 73.2 cm³/mol. The van der Waals surface area contributed by atoms with E-state index in [2.05, 4.69) is 4.98 Å². The molecule has 1 aromatic heterocycles. The zero-order valence-corrected chi connectivity index (χ0v) is 11.5. The van der Waals surface area contributed by atoms with Crippen LogP contribution in [0.25, 0.3) is 0 Å². The molecule has 1 heterocycles. The molecule has 0 saturated heterocycles. The number of anilines is 1. The Morgan fingerprint density at radius 3 is 2.67 bits per heavy atom. The van der Waals surface area contributed by atoms with Crippen molar-refractivity contribution in [3.8, 4) is 5.75 Å². The highest BCUT2D eigenvalue weighted by atomic mass is 35.5. The maximum Gasteiger partial charge on any atom is 0.200 e. The van der Waals surface area contributed by atoms with Crippen LogP contribution in [0.5, 0.6) is 5.75 Å². The van der Waals surface area contributed by atoms with Crippen molar-refractivity contribution in [2.75, 3.05) is 12.8 Å². The molecular weight excluding hydrogens is 250 g/mol. The van der Waals surface area contributed by atoms with Crippen molar-refractivity contribution in [2.45, 2.75) is 13.3 Å². The standard InChI is InChI=1S/C13H16ClN3O/c1-8-11(16-13(15)17(8)2)7-9-4-5-12(18-3)10(14)6-9/h4-6H,7H2,1-3H3,(H2,15,16). The Morgan fingerprint density at radius 1 is 1.44 bits per heavy atom. The topological polar surface area (TPSA) is 53.1 Å². The lowest BCUT2D eigenvalue weighted by atomic mass is 10.1. The molecule has 18 heavy (non-hydrogen) atoms. The second-order valence-corrected chi connectivity index (χ2v) is 4.61. The highest BCUT2D eigenvalue weighted by molar-refractivity contribution is 6.32. The van der Waals surface area contributed by atoms with E-state index in [-0.39, 0.29) is 0 Å². The minimum Gasteiger partial charge on any atom is -0.495 e. The summed E-state index contributed by atoms with van der Waals surface area (Å²) in [6, 6.07) is 5.74. The Balaban J connectivity index is 2.28. The first-order chi connectivity index (χ1) is 8.52. The molecule has 0 radical (unpaired) electrons. The largest absolute Gasteiger partial charge is 0.495 e. The number of rotatable bonds is 3. The number of nitrogens with two attached hydrogens (primary N) is 1. The first-order valence-corrected chi connectivity index (χ1v) is 6.00. The SMILES string of the molecule is COc1ccc(Cc2nc(N)n(C)c2C)cc1Cl. The van der Waals surface area contributed by atoms with Crippen LogP contribution < -0.4 is 10.5 Å². The zero-order valence-electron chi connectivity index (χ0n) is 10.7. The third-order valence-electron chi connectivity index (χ3n) is 3.10. The van der Waals surface area contributed by atoms with E-state index < -0.39 is 0 Å². The Hall–Kier alpha value is -1.68. The van der Waals surface area contributed by atoms with E-state index in [4.69, 9.17) is 22.1 Å². The van der Waals surface area contributed by atoms with E-state index in [1.165, 1.54) is 0 Å². The van der Waals surface area contributed by atoms with Gasteiger partial charge in [-0.2, -0.15) is 0 Å². The van der Waals surface area contributed by atoms with Crippen molar-refractivity contribution in [2.24, 2.45) is 7.05 Å². The highest BCUT2D eigenvalue weighted by Crippen LogP contribution is 2.26. The summed E-state index contributed by atoms with van der Waals surface area (Å²) in [4.78, 5) is 4.34. The first kappa shape index (κ1) is 12.8. The molecule has 0 fully saturated rings. The van der Waals surface area contributed by atoms with Crippen molar-refractivity contribution in [1.82, 2.24) is 9.55 Å². The number of ether oxygens (including phenoxy) is 1. The minimum atomic E-state index is 0.530. The van der Waals surface area contributed by atoms with Gasteiger partial charge >= 0.3 is 0 Å². The molecule has 0 atom stereocenters.